The van der Waals surface area contributed by atoms with Gasteiger partial charge in [-0.2, -0.15) is 0 Å². The Morgan fingerprint density at radius 1 is 0.742 bits per heavy atom. The molecule has 3 aliphatic rings. The maximum atomic E-state index is 11.1. The summed E-state index contributed by atoms with van der Waals surface area (Å²) >= 11 is 6.96. The van der Waals surface area contributed by atoms with Crippen molar-refractivity contribution in [3.05, 3.63) is 57.5 Å². The minimum atomic E-state index is -0.275. The molecule has 0 amide bonds. The van der Waals surface area contributed by atoms with Crippen molar-refractivity contribution in [2.45, 2.75) is 31.5 Å². The molecule has 0 aliphatic carbocycles. The van der Waals surface area contributed by atoms with E-state index in [1.165, 1.54) is 11.4 Å². The van der Waals surface area contributed by atoms with Crippen LogP contribution in [0.2, 0.25) is 0 Å². The first-order chi connectivity index (χ1) is 15.0. The highest BCUT2D eigenvalue weighted by Crippen LogP contribution is 2.33. The topological polar surface area (TPSA) is 42.0 Å². The van der Waals surface area contributed by atoms with Crippen LogP contribution in [0.1, 0.15) is 25.7 Å². The van der Waals surface area contributed by atoms with Crippen molar-refractivity contribution in [3.63, 3.8) is 0 Å². The first-order valence-electron chi connectivity index (χ1n) is 10.8. The molecule has 7 heteroatoms. The van der Waals surface area contributed by atoms with Crippen molar-refractivity contribution < 1.29 is 14.3 Å². The summed E-state index contributed by atoms with van der Waals surface area (Å²) < 4.78 is 13.7. The molecule has 31 heavy (non-hydrogen) atoms. The van der Waals surface area contributed by atoms with E-state index in [-0.39, 0.29) is 5.79 Å². The number of piperidine rings is 2. The molecule has 166 valence electrons. The predicted octanol–water partition coefficient (Wildman–Crippen LogP) is 5.41. The van der Waals surface area contributed by atoms with Crippen LogP contribution in [-0.4, -0.2) is 51.0 Å². The van der Waals surface area contributed by atoms with Gasteiger partial charge in [0.15, 0.2) is 5.79 Å². The molecule has 0 aromatic heterocycles. The lowest BCUT2D eigenvalue weighted by Crippen LogP contribution is -2.45. The summed E-state index contributed by atoms with van der Waals surface area (Å²) in [6.45, 7) is 5.20. The predicted molar refractivity (Wildman–Crippen MR) is 131 cm³/mol. The molecule has 3 heterocycles. The van der Waals surface area contributed by atoms with Crippen molar-refractivity contribution in [3.8, 4) is 0 Å². The highest BCUT2D eigenvalue weighted by atomic mass is 79.9. The number of halogens is 2. The Morgan fingerprint density at radius 3 is 1.71 bits per heavy atom. The summed E-state index contributed by atoms with van der Waals surface area (Å²) in [4.78, 5) is 15.7. The summed E-state index contributed by atoms with van der Waals surface area (Å²) in [5.41, 5.74) is 2.47. The number of ketones is 1. The van der Waals surface area contributed by atoms with Gasteiger partial charge in [0.1, 0.15) is 5.78 Å². The molecule has 2 aromatic rings. The lowest BCUT2D eigenvalue weighted by molar-refractivity contribution is -0.169. The standard InChI is InChI=1S/C13H16BrNO2.C11H12BrNO/c14-11-2-1-3-12(10-11)15-6-4-13(5-7-15)16-8-9-17-13;12-9-2-1-3-10(8-9)13-6-4-11(14)5-7-13/h1-3,10H,4-9H2;1-3,8H,4-7H2. The smallest absolute Gasteiger partial charge is 0.171 e. The van der Waals surface area contributed by atoms with Crippen LogP contribution < -0.4 is 9.80 Å². The van der Waals surface area contributed by atoms with Crippen molar-refractivity contribution in [1.82, 2.24) is 0 Å². The molecule has 1 spiro atoms. The van der Waals surface area contributed by atoms with Gasteiger partial charge in [-0.15, -0.1) is 0 Å². The van der Waals surface area contributed by atoms with E-state index < -0.39 is 0 Å². The Kier molecular flexibility index (Phi) is 7.69. The third kappa shape index (κ3) is 6.09. The summed E-state index contributed by atoms with van der Waals surface area (Å²) in [6, 6.07) is 16.7. The summed E-state index contributed by atoms with van der Waals surface area (Å²) in [5.74, 6) is 0.110. The quantitative estimate of drug-likeness (QED) is 0.499. The summed E-state index contributed by atoms with van der Waals surface area (Å²) in [6.07, 6.45) is 3.29. The molecular weight excluding hydrogens is 524 g/mol. The van der Waals surface area contributed by atoms with Gasteiger partial charge in [0.2, 0.25) is 0 Å². The average molecular weight is 552 g/mol. The molecule has 0 atom stereocenters. The third-order valence-corrected chi connectivity index (χ3v) is 6.99. The molecular formula is C24H28Br2N2O3. The number of Topliss-reactive ketones (excluding diaryl/α,β-unsaturated/α-hetero) is 1. The van der Waals surface area contributed by atoms with E-state index in [2.05, 4.69) is 78.1 Å². The third-order valence-electron chi connectivity index (χ3n) is 6.01. The first kappa shape index (κ1) is 22.8. The summed E-state index contributed by atoms with van der Waals surface area (Å²) in [7, 11) is 0. The van der Waals surface area contributed by atoms with Crippen LogP contribution in [0.3, 0.4) is 0 Å². The fourth-order valence-electron chi connectivity index (χ4n) is 4.25. The Hall–Kier alpha value is -1.41. The highest BCUT2D eigenvalue weighted by Gasteiger charge is 2.39. The zero-order valence-corrected chi connectivity index (χ0v) is 20.7. The second-order valence-corrected chi connectivity index (χ2v) is 9.91. The van der Waals surface area contributed by atoms with Gasteiger partial charge in [0.25, 0.3) is 0 Å². The molecule has 0 bridgehead atoms. The number of carbonyl (C=O) groups excluding carboxylic acids is 1. The van der Waals surface area contributed by atoms with E-state index in [4.69, 9.17) is 9.47 Å². The molecule has 3 saturated heterocycles. The van der Waals surface area contributed by atoms with Crippen molar-refractivity contribution >= 4 is 49.0 Å². The van der Waals surface area contributed by atoms with Crippen molar-refractivity contribution in [2.24, 2.45) is 0 Å². The van der Waals surface area contributed by atoms with E-state index in [9.17, 15) is 4.79 Å². The van der Waals surface area contributed by atoms with Gasteiger partial charge in [-0.05, 0) is 36.4 Å². The number of ether oxygens (including phenoxy) is 2. The lowest BCUT2D eigenvalue weighted by atomic mass is 10.0. The molecule has 0 unspecified atom stereocenters. The maximum Gasteiger partial charge on any atom is 0.171 e. The number of anilines is 2. The highest BCUT2D eigenvalue weighted by molar-refractivity contribution is 9.10. The van der Waals surface area contributed by atoms with E-state index in [0.29, 0.717) is 18.6 Å². The molecule has 5 rings (SSSR count). The largest absolute Gasteiger partial charge is 0.371 e. The van der Waals surface area contributed by atoms with Crippen LogP contribution in [0.15, 0.2) is 57.5 Å². The van der Waals surface area contributed by atoms with Gasteiger partial charge in [-0.3, -0.25) is 4.79 Å². The Balaban J connectivity index is 0.000000152. The van der Waals surface area contributed by atoms with E-state index in [1.807, 2.05) is 12.1 Å². The SMILES string of the molecule is Brc1cccc(N2CCC3(CC2)OCCO3)c1.O=C1CCN(c2cccc(Br)c2)CC1. The van der Waals surface area contributed by atoms with Crippen LogP contribution in [0.25, 0.3) is 0 Å². The monoisotopic (exact) mass is 550 g/mol. The van der Waals surface area contributed by atoms with Gasteiger partial charge in [0.05, 0.1) is 13.2 Å². The number of benzene rings is 2. The normalized spacial score (nSPS) is 20.5. The van der Waals surface area contributed by atoms with Crippen LogP contribution in [0.5, 0.6) is 0 Å². The molecule has 3 aliphatic heterocycles. The Morgan fingerprint density at radius 2 is 1.23 bits per heavy atom. The lowest BCUT2D eigenvalue weighted by Gasteiger charge is -2.38. The number of carbonyl (C=O) groups is 1. The fourth-order valence-corrected chi connectivity index (χ4v) is 5.03. The first-order valence-corrected chi connectivity index (χ1v) is 12.4. The summed E-state index contributed by atoms with van der Waals surface area (Å²) in [5, 5.41) is 0. The minimum Gasteiger partial charge on any atom is -0.371 e. The van der Waals surface area contributed by atoms with Gasteiger partial charge in [-0.25, -0.2) is 0 Å². The van der Waals surface area contributed by atoms with E-state index in [1.54, 1.807) is 0 Å². The fraction of sp³-hybridized carbons (Fsp3) is 0.458. The Bertz CT molecular complexity index is 882. The molecule has 3 fully saturated rings. The van der Waals surface area contributed by atoms with Crippen molar-refractivity contribution in [1.29, 1.82) is 0 Å². The number of hydrogen-bond acceptors (Lipinski definition) is 5. The van der Waals surface area contributed by atoms with Crippen LogP contribution >= 0.6 is 31.9 Å². The van der Waals surface area contributed by atoms with Crippen LogP contribution in [0, 0.1) is 0 Å². The van der Waals surface area contributed by atoms with E-state index >= 15 is 0 Å². The molecule has 0 radical (unpaired) electrons. The minimum absolute atomic E-state index is 0.275. The van der Waals surface area contributed by atoms with Crippen LogP contribution in [0.4, 0.5) is 11.4 Å². The molecule has 0 N–H and O–H groups in total. The zero-order chi connectivity index (χ0) is 21.7. The van der Waals surface area contributed by atoms with Gasteiger partial charge < -0.3 is 19.3 Å². The maximum absolute atomic E-state index is 11.1. The second-order valence-electron chi connectivity index (χ2n) is 8.08. The molecule has 0 saturated carbocycles. The van der Waals surface area contributed by atoms with Crippen LogP contribution in [-0.2, 0) is 14.3 Å². The van der Waals surface area contributed by atoms with Gasteiger partial charge in [-0.1, -0.05) is 44.0 Å². The van der Waals surface area contributed by atoms with Gasteiger partial charge in [0, 0.05) is 72.2 Å². The average Bonchev–Trinajstić information content (AvgIpc) is 3.23. The Labute approximate surface area is 200 Å². The van der Waals surface area contributed by atoms with E-state index in [0.717, 1.165) is 61.2 Å². The number of hydrogen-bond donors (Lipinski definition) is 0. The zero-order valence-electron chi connectivity index (χ0n) is 17.6. The number of rotatable bonds is 2. The number of nitrogens with zero attached hydrogens (tertiary/aromatic N) is 2. The molecule has 5 nitrogen and oxygen atoms in total. The molecule has 2 aromatic carbocycles. The van der Waals surface area contributed by atoms with Crippen molar-refractivity contribution in [2.75, 3.05) is 49.2 Å². The second kappa shape index (κ2) is 10.5. The van der Waals surface area contributed by atoms with Gasteiger partial charge >= 0.3 is 0 Å².